The third kappa shape index (κ3) is 6.47. The molecule has 2 atom stereocenters. The van der Waals surface area contributed by atoms with E-state index in [1.165, 1.54) is 0 Å². The molecule has 2 unspecified atom stereocenters. The first-order valence-corrected chi connectivity index (χ1v) is 14.3. The van der Waals surface area contributed by atoms with E-state index in [0.29, 0.717) is 0 Å². The van der Waals surface area contributed by atoms with Crippen molar-refractivity contribution >= 4 is 20.4 Å². The number of ether oxygens (including phenoxy) is 3. The highest BCUT2D eigenvalue weighted by atomic mass is 32.3. The molecular weight excluding hydrogens is 810 g/mol. The van der Waals surface area contributed by atoms with Crippen LogP contribution in [0.1, 0.15) is 0 Å². The van der Waals surface area contributed by atoms with Crippen LogP contribution in [0.4, 0.5) is 95.6 Å². The molecule has 0 aromatic carbocycles. The van der Waals surface area contributed by atoms with Crippen LogP contribution in [0.5, 0.6) is 0 Å². The predicted octanol–water partition coefficient (Wildman–Crippen LogP) is 6.44. The summed E-state index contributed by atoms with van der Waals surface area (Å²) in [4.78, 5) is 0. The molecule has 0 N–H and O–H groups in total. The maximum absolute atomic E-state index is 14.7. The van der Waals surface area contributed by atoms with Crippen molar-refractivity contribution in [2.24, 2.45) is 0 Å². The summed E-state index contributed by atoms with van der Waals surface area (Å²) >= 11 is 0. The first-order valence-electron chi connectivity index (χ1n) is 11.2. The summed E-state index contributed by atoms with van der Waals surface area (Å²) in [7, 11) is -12.2. The summed E-state index contributed by atoms with van der Waals surface area (Å²) in [6.45, 7) is -5.52. The zero-order chi connectivity index (χ0) is 39.3. The van der Waals surface area contributed by atoms with E-state index in [9.17, 15) is 112 Å². The second kappa shape index (κ2) is 11.5. The molecule has 2 aliphatic rings. The normalized spacial score (nSPS) is 23.7. The van der Waals surface area contributed by atoms with E-state index in [0.717, 1.165) is 0 Å². The number of alkyl halides is 20. The van der Waals surface area contributed by atoms with Gasteiger partial charge < -0.3 is 14.2 Å². The van der Waals surface area contributed by atoms with E-state index < -0.39 is 127 Å². The number of rotatable bonds is 14. The monoisotopic (exact) mass is 818 g/mol. The number of allylic oxidation sites excluding steroid dienone is 2. The topological polar surface area (TPSA) is 96.0 Å². The minimum Gasteiger partial charge on any atom is -0.452 e. The molecule has 0 aromatic rings. The quantitative estimate of drug-likeness (QED) is 0.147. The Hall–Kier alpha value is -2.44. The molecule has 2 rings (SSSR count). The third-order valence-electron chi connectivity index (χ3n) is 6.07. The Morgan fingerprint density at radius 2 is 0.714 bits per heavy atom. The van der Waals surface area contributed by atoms with Gasteiger partial charge >= 0.3 is 80.0 Å². The molecule has 7 nitrogen and oxygen atoms in total. The molecule has 0 aliphatic heterocycles. The fourth-order valence-corrected chi connectivity index (χ4v) is 4.24. The summed E-state index contributed by atoms with van der Waals surface area (Å²) in [6, 6.07) is 0. The van der Waals surface area contributed by atoms with Crippen LogP contribution in [0, 0.1) is 0 Å². The summed E-state index contributed by atoms with van der Waals surface area (Å²) in [5, 5.41) is 0. The van der Waals surface area contributed by atoms with Crippen LogP contribution in [0.3, 0.4) is 0 Å². The summed E-state index contributed by atoms with van der Waals surface area (Å²) in [5.74, 6) is -71.4. The number of halogens is 22. The van der Waals surface area contributed by atoms with Crippen molar-refractivity contribution in [2.75, 3.05) is 24.7 Å². The number of hydrogen-bond donors (Lipinski definition) is 0. The molecule has 288 valence electrons. The zero-order valence-electron chi connectivity index (χ0n) is 21.8. The van der Waals surface area contributed by atoms with Gasteiger partial charge in [0.25, 0.3) is 0 Å². The Bertz CT molecular complexity index is 1490. The standard InChI is InChI=1S/C18H8F22O7S2/c19-9(20)5(11(23,24)15(31,17(33,34)35)45-1-3-48(39,41)42)7(13(9,27)28)47-8-6(10(21,22)14(8,29)30)12(25,26)16(32,18(36,37)38)46-2-4-49(40,43)44/h1-4H2. The maximum atomic E-state index is 14.7. The minimum absolute atomic E-state index is 2.53. The van der Waals surface area contributed by atoms with E-state index >= 15 is 0 Å². The van der Waals surface area contributed by atoms with Gasteiger partial charge in [-0.15, -0.1) is 7.77 Å². The van der Waals surface area contributed by atoms with Crippen molar-refractivity contribution in [3.05, 3.63) is 22.7 Å². The van der Waals surface area contributed by atoms with Crippen molar-refractivity contribution < 1.29 is 127 Å². The Morgan fingerprint density at radius 1 is 0.469 bits per heavy atom. The van der Waals surface area contributed by atoms with Crippen LogP contribution in [-0.4, -0.2) is 101 Å². The average molecular weight is 818 g/mol. The molecule has 0 heterocycles. The van der Waals surface area contributed by atoms with E-state index in [1.54, 1.807) is 0 Å². The van der Waals surface area contributed by atoms with Crippen LogP contribution >= 0.6 is 0 Å². The summed E-state index contributed by atoms with van der Waals surface area (Å²) < 4.78 is 355. The molecule has 31 heteroatoms. The highest BCUT2D eigenvalue weighted by molar-refractivity contribution is 7.86. The van der Waals surface area contributed by atoms with Crippen molar-refractivity contribution in [1.29, 1.82) is 0 Å². The van der Waals surface area contributed by atoms with E-state index in [1.807, 2.05) is 0 Å². The largest absolute Gasteiger partial charge is 0.455 e. The van der Waals surface area contributed by atoms with Crippen LogP contribution in [0.15, 0.2) is 22.7 Å². The Labute approximate surface area is 254 Å². The lowest BCUT2D eigenvalue weighted by molar-refractivity contribution is -0.401. The molecule has 49 heavy (non-hydrogen) atoms. The first-order chi connectivity index (χ1) is 21.1. The van der Waals surface area contributed by atoms with Crippen LogP contribution in [-0.2, 0) is 34.7 Å². The van der Waals surface area contributed by atoms with Gasteiger partial charge in [0.2, 0.25) is 0 Å². The van der Waals surface area contributed by atoms with Gasteiger partial charge in [0.05, 0.1) is 13.2 Å². The highest BCUT2D eigenvalue weighted by Crippen LogP contribution is 2.69. The van der Waals surface area contributed by atoms with Gasteiger partial charge in [0.1, 0.15) is 22.7 Å². The minimum atomic E-state index is -7.60. The molecule has 0 saturated carbocycles. The van der Waals surface area contributed by atoms with Gasteiger partial charge in [-0.25, -0.2) is 0 Å². The van der Waals surface area contributed by atoms with Gasteiger partial charge in [0.15, 0.2) is 11.5 Å². The van der Waals surface area contributed by atoms with Crippen molar-refractivity contribution in [1.82, 2.24) is 0 Å². The second-order valence-electron chi connectivity index (χ2n) is 9.33. The predicted molar refractivity (Wildman–Crippen MR) is 106 cm³/mol. The molecule has 0 saturated heterocycles. The maximum Gasteiger partial charge on any atom is 0.455 e. The molecular formula is C18H8F22O7S2. The lowest BCUT2D eigenvalue weighted by Gasteiger charge is -2.49. The Balaban J connectivity index is 2.93. The van der Waals surface area contributed by atoms with Crippen LogP contribution in [0.25, 0.3) is 0 Å². The smallest absolute Gasteiger partial charge is 0.452 e. The average Bonchev–Trinajstić information content (AvgIpc) is 2.83. The molecule has 0 bridgehead atoms. The van der Waals surface area contributed by atoms with E-state index in [-0.39, 0.29) is 0 Å². The molecule has 0 amide bonds. The lowest BCUT2D eigenvalue weighted by Crippen LogP contribution is -2.69. The van der Waals surface area contributed by atoms with Gasteiger partial charge in [0, 0.05) is 0 Å². The third-order valence-corrected chi connectivity index (χ3v) is 7.37. The SMILES string of the molecule is O=S(=O)(F)CCOC(F)(C(F)(F)F)C(F)(F)C1=C(OC2=C(C(F)(F)C(F)(OCCS(=O)(=O)F)C(F)(F)F)C(F)(F)C2(F)F)C(F)(F)C1(F)F. The Morgan fingerprint density at radius 3 is 0.918 bits per heavy atom. The Kier molecular flexibility index (Phi) is 10.1. The van der Waals surface area contributed by atoms with Crippen molar-refractivity contribution in [3.8, 4) is 0 Å². The fraction of sp³-hybridized carbons (Fsp3) is 0.778. The van der Waals surface area contributed by atoms with Crippen molar-refractivity contribution in [3.63, 3.8) is 0 Å². The highest BCUT2D eigenvalue weighted by Gasteiger charge is 2.89. The number of hydrogen-bond acceptors (Lipinski definition) is 7. The van der Waals surface area contributed by atoms with Gasteiger partial charge in [-0.1, -0.05) is 0 Å². The summed E-state index contributed by atoms with van der Waals surface area (Å²) in [6.07, 6.45) is -15.1. The van der Waals surface area contributed by atoms with Gasteiger partial charge in [-0.2, -0.15) is 105 Å². The van der Waals surface area contributed by atoms with Gasteiger partial charge in [-0.05, 0) is 0 Å². The fourth-order valence-electron chi connectivity index (χ4n) is 3.67. The molecule has 0 aromatic heterocycles. The van der Waals surface area contributed by atoms with Crippen molar-refractivity contribution in [2.45, 2.75) is 59.6 Å². The van der Waals surface area contributed by atoms with E-state index in [2.05, 4.69) is 14.2 Å². The second-order valence-corrected chi connectivity index (χ2v) is 12.3. The molecule has 0 fully saturated rings. The van der Waals surface area contributed by atoms with Crippen LogP contribution < -0.4 is 0 Å². The molecule has 0 spiro atoms. The van der Waals surface area contributed by atoms with E-state index in [4.69, 9.17) is 0 Å². The first kappa shape index (κ1) is 42.7. The zero-order valence-corrected chi connectivity index (χ0v) is 23.5. The molecule has 0 radical (unpaired) electrons. The molecule has 2 aliphatic carbocycles. The summed E-state index contributed by atoms with van der Waals surface area (Å²) in [5.41, 5.74) is -9.22. The lowest BCUT2D eigenvalue weighted by atomic mass is 9.77. The van der Waals surface area contributed by atoms with Gasteiger partial charge in [-0.3, -0.25) is 0 Å². The van der Waals surface area contributed by atoms with Crippen LogP contribution in [0.2, 0.25) is 0 Å².